The molecule has 124 valence electrons. The quantitative estimate of drug-likeness (QED) is 0.537. The van der Waals surface area contributed by atoms with Crippen molar-refractivity contribution in [2.45, 2.75) is 13.8 Å². The van der Waals surface area contributed by atoms with Gasteiger partial charge in [-0.1, -0.05) is 53.3 Å². The molecule has 4 nitrogen and oxygen atoms in total. The number of amides is 1. The standard InChI is InChI=1S/C19H15N3OS2/c1-11-6-8-13(9-7-11)18-20-14(10-24-18)17(23)22-19-21-16-12(2)4-3-5-15(16)25-19/h3-10H,1-2H3,(H,21,22,23). The van der Waals surface area contributed by atoms with Crippen molar-refractivity contribution in [1.29, 1.82) is 0 Å². The molecule has 0 spiro atoms. The van der Waals surface area contributed by atoms with E-state index in [1.807, 2.05) is 56.3 Å². The maximum Gasteiger partial charge on any atom is 0.276 e. The molecule has 6 heteroatoms. The first kappa shape index (κ1) is 15.9. The minimum atomic E-state index is -0.230. The molecular weight excluding hydrogens is 350 g/mol. The number of aromatic nitrogens is 2. The summed E-state index contributed by atoms with van der Waals surface area (Å²) >= 11 is 2.94. The number of carbonyl (C=O) groups is 1. The Bertz CT molecular complexity index is 1060. The van der Waals surface area contributed by atoms with Gasteiger partial charge >= 0.3 is 0 Å². The average Bonchev–Trinajstić information content (AvgIpc) is 3.23. The first-order chi connectivity index (χ1) is 12.1. The smallest absolute Gasteiger partial charge is 0.276 e. The van der Waals surface area contributed by atoms with Gasteiger partial charge in [0.15, 0.2) is 5.13 Å². The average molecular weight is 365 g/mol. The molecule has 4 rings (SSSR count). The molecule has 1 amide bonds. The molecule has 0 radical (unpaired) electrons. The number of hydrogen-bond acceptors (Lipinski definition) is 5. The van der Waals surface area contributed by atoms with Crippen LogP contribution in [-0.2, 0) is 0 Å². The van der Waals surface area contributed by atoms with Gasteiger partial charge in [0.05, 0.1) is 10.2 Å². The zero-order chi connectivity index (χ0) is 17.4. The molecule has 4 aromatic rings. The van der Waals surface area contributed by atoms with Crippen molar-refractivity contribution in [3.63, 3.8) is 0 Å². The molecule has 0 unspecified atom stereocenters. The van der Waals surface area contributed by atoms with Gasteiger partial charge in [0, 0.05) is 10.9 Å². The Balaban J connectivity index is 1.56. The lowest BCUT2D eigenvalue weighted by molar-refractivity contribution is 0.102. The molecule has 0 aliphatic rings. The maximum atomic E-state index is 12.5. The zero-order valence-corrected chi connectivity index (χ0v) is 15.4. The SMILES string of the molecule is Cc1ccc(-c2nc(C(=O)Nc3nc4c(C)cccc4s3)cs2)cc1. The van der Waals surface area contributed by atoms with Gasteiger partial charge in [-0.05, 0) is 25.5 Å². The van der Waals surface area contributed by atoms with E-state index >= 15 is 0 Å². The van der Waals surface area contributed by atoms with E-state index in [4.69, 9.17) is 0 Å². The molecule has 0 fully saturated rings. The summed E-state index contributed by atoms with van der Waals surface area (Å²) in [4.78, 5) is 21.4. The fourth-order valence-electron chi connectivity index (χ4n) is 2.51. The van der Waals surface area contributed by atoms with Crippen LogP contribution >= 0.6 is 22.7 Å². The van der Waals surface area contributed by atoms with Crippen molar-refractivity contribution in [2.75, 3.05) is 5.32 Å². The second-order valence-electron chi connectivity index (χ2n) is 5.80. The van der Waals surface area contributed by atoms with E-state index in [1.165, 1.54) is 28.2 Å². The van der Waals surface area contributed by atoms with Gasteiger partial charge in [0.1, 0.15) is 10.7 Å². The van der Waals surface area contributed by atoms with E-state index in [2.05, 4.69) is 15.3 Å². The molecule has 2 aromatic carbocycles. The van der Waals surface area contributed by atoms with Crippen LogP contribution in [-0.4, -0.2) is 15.9 Å². The minimum absolute atomic E-state index is 0.230. The predicted octanol–water partition coefficient (Wildman–Crippen LogP) is 5.29. The van der Waals surface area contributed by atoms with E-state index in [1.54, 1.807) is 5.38 Å². The Morgan fingerprint density at radius 1 is 1.04 bits per heavy atom. The number of hydrogen-bond donors (Lipinski definition) is 1. The van der Waals surface area contributed by atoms with Crippen LogP contribution in [0.1, 0.15) is 21.6 Å². The molecule has 2 heterocycles. The number of benzene rings is 2. The highest BCUT2D eigenvalue weighted by molar-refractivity contribution is 7.22. The van der Waals surface area contributed by atoms with Crippen molar-refractivity contribution in [2.24, 2.45) is 0 Å². The Kier molecular flexibility index (Phi) is 4.07. The summed E-state index contributed by atoms with van der Waals surface area (Å²) in [6, 6.07) is 14.1. The first-order valence-electron chi connectivity index (χ1n) is 7.80. The van der Waals surface area contributed by atoms with Crippen LogP contribution in [0.2, 0.25) is 0 Å². The number of thiazole rings is 2. The van der Waals surface area contributed by atoms with Gasteiger partial charge in [0.2, 0.25) is 0 Å². The third kappa shape index (κ3) is 3.18. The third-order valence-corrected chi connectivity index (χ3v) is 5.70. The highest BCUT2D eigenvalue weighted by Crippen LogP contribution is 2.29. The van der Waals surface area contributed by atoms with Crippen LogP contribution in [0.4, 0.5) is 5.13 Å². The van der Waals surface area contributed by atoms with Gasteiger partial charge in [-0.2, -0.15) is 0 Å². The highest BCUT2D eigenvalue weighted by Gasteiger charge is 2.14. The van der Waals surface area contributed by atoms with Crippen LogP contribution in [0.3, 0.4) is 0 Å². The van der Waals surface area contributed by atoms with Gasteiger partial charge in [-0.25, -0.2) is 9.97 Å². The summed E-state index contributed by atoms with van der Waals surface area (Å²) in [7, 11) is 0. The highest BCUT2D eigenvalue weighted by atomic mass is 32.1. The van der Waals surface area contributed by atoms with Crippen LogP contribution in [0.15, 0.2) is 47.8 Å². The first-order valence-corrected chi connectivity index (χ1v) is 9.50. The molecule has 0 atom stereocenters. The Hall–Kier alpha value is -2.57. The van der Waals surface area contributed by atoms with Gasteiger partial charge in [-0.15, -0.1) is 11.3 Å². The fraction of sp³-hybridized carbons (Fsp3) is 0.105. The molecule has 0 saturated heterocycles. The molecule has 0 aliphatic carbocycles. The monoisotopic (exact) mass is 365 g/mol. The van der Waals surface area contributed by atoms with Crippen molar-refractivity contribution < 1.29 is 4.79 Å². The molecule has 25 heavy (non-hydrogen) atoms. The second-order valence-corrected chi connectivity index (χ2v) is 7.69. The van der Waals surface area contributed by atoms with E-state index in [9.17, 15) is 4.79 Å². The van der Waals surface area contributed by atoms with E-state index in [-0.39, 0.29) is 5.91 Å². The zero-order valence-electron chi connectivity index (χ0n) is 13.7. The number of anilines is 1. The molecule has 0 bridgehead atoms. The summed E-state index contributed by atoms with van der Waals surface area (Å²) in [6.07, 6.45) is 0. The van der Waals surface area contributed by atoms with Crippen molar-refractivity contribution >= 4 is 43.9 Å². The molecule has 1 N–H and O–H groups in total. The predicted molar refractivity (Wildman–Crippen MR) is 105 cm³/mol. The topological polar surface area (TPSA) is 54.9 Å². The van der Waals surface area contributed by atoms with Crippen LogP contribution in [0.5, 0.6) is 0 Å². The number of aryl methyl sites for hydroxylation is 2. The third-order valence-electron chi connectivity index (χ3n) is 3.88. The van der Waals surface area contributed by atoms with E-state index in [0.29, 0.717) is 10.8 Å². The summed E-state index contributed by atoms with van der Waals surface area (Å²) in [5.74, 6) is -0.230. The summed E-state index contributed by atoms with van der Waals surface area (Å²) in [6.45, 7) is 4.06. The number of rotatable bonds is 3. The lowest BCUT2D eigenvalue weighted by Crippen LogP contribution is -2.11. The summed E-state index contributed by atoms with van der Waals surface area (Å²) in [5, 5.41) is 6.08. The molecular formula is C19H15N3OS2. The van der Waals surface area contributed by atoms with Crippen LogP contribution in [0.25, 0.3) is 20.8 Å². The molecule has 0 aliphatic heterocycles. The second kappa shape index (κ2) is 6.38. The number of fused-ring (bicyclic) bond motifs is 1. The number of nitrogens with zero attached hydrogens (tertiary/aromatic N) is 2. The van der Waals surface area contributed by atoms with Gasteiger partial charge in [0.25, 0.3) is 5.91 Å². The normalized spacial score (nSPS) is 11.0. The fourth-order valence-corrected chi connectivity index (χ4v) is 4.25. The van der Waals surface area contributed by atoms with E-state index < -0.39 is 0 Å². The van der Waals surface area contributed by atoms with Crippen molar-refractivity contribution in [3.8, 4) is 10.6 Å². The molecule has 0 saturated carbocycles. The Morgan fingerprint density at radius 2 is 1.84 bits per heavy atom. The van der Waals surface area contributed by atoms with E-state index in [0.717, 1.165) is 26.4 Å². The number of carbonyl (C=O) groups excluding carboxylic acids is 1. The van der Waals surface area contributed by atoms with Crippen LogP contribution in [0, 0.1) is 13.8 Å². The lowest BCUT2D eigenvalue weighted by Gasteiger charge is -1.98. The number of para-hydroxylation sites is 1. The van der Waals surface area contributed by atoms with Crippen molar-refractivity contribution in [3.05, 3.63) is 64.7 Å². The molecule has 2 aromatic heterocycles. The lowest BCUT2D eigenvalue weighted by atomic mass is 10.2. The summed E-state index contributed by atoms with van der Waals surface area (Å²) in [5.41, 5.74) is 4.66. The van der Waals surface area contributed by atoms with Gasteiger partial charge in [-0.3, -0.25) is 10.1 Å². The minimum Gasteiger partial charge on any atom is -0.296 e. The Labute approximate surface area is 153 Å². The summed E-state index contributed by atoms with van der Waals surface area (Å²) < 4.78 is 1.06. The number of nitrogens with one attached hydrogen (secondary N) is 1. The van der Waals surface area contributed by atoms with Crippen molar-refractivity contribution in [1.82, 2.24) is 9.97 Å². The maximum absolute atomic E-state index is 12.5. The van der Waals surface area contributed by atoms with Gasteiger partial charge < -0.3 is 0 Å². The van der Waals surface area contributed by atoms with Crippen LogP contribution < -0.4 is 5.32 Å². The largest absolute Gasteiger partial charge is 0.296 e. The Morgan fingerprint density at radius 3 is 2.60 bits per heavy atom.